The summed E-state index contributed by atoms with van der Waals surface area (Å²) in [4.78, 5) is 26.6. The van der Waals surface area contributed by atoms with Gasteiger partial charge in [-0.3, -0.25) is 0 Å². The summed E-state index contributed by atoms with van der Waals surface area (Å²) in [7, 11) is 5.75. The standard InChI is InChI=1S/C22H28N2O7/c1-6-11-23-12-15-18(13(8-10-17(25)29-3)19(24-15)22(26)27)14-7-9-16(28-2)21(31-5)20(14)30-4/h7-10,23-24H,6,11-12H2,1-5H3,(H,26,27). The second-order valence-electron chi connectivity index (χ2n) is 6.49. The van der Waals surface area contributed by atoms with Crippen LogP contribution >= 0.6 is 0 Å². The van der Waals surface area contributed by atoms with E-state index in [2.05, 4.69) is 15.0 Å². The van der Waals surface area contributed by atoms with Crippen molar-refractivity contribution in [2.75, 3.05) is 35.0 Å². The van der Waals surface area contributed by atoms with E-state index < -0.39 is 11.9 Å². The Balaban J connectivity index is 2.83. The first-order chi connectivity index (χ1) is 14.9. The molecule has 0 aliphatic heterocycles. The second kappa shape index (κ2) is 11.1. The number of hydrogen-bond donors (Lipinski definition) is 3. The minimum absolute atomic E-state index is 0.0553. The average molecular weight is 432 g/mol. The van der Waals surface area contributed by atoms with Crippen LogP contribution in [0.5, 0.6) is 17.2 Å². The maximum Gasteiger partial charge on any atom is 0.352 e. The molecular weight excluding hydrogens is 404 g/mol. The Morgan fingerprint density at radius 3 is 2.35 bits per heavy atom. The lowest BCUT2D eigenvalue weighted by Crippen LogP contribution is -2.15. The molecule has 0 radical (unpaired) electrons. The number of aromatic nitrogens is 1. The number of aromatic amines is 1. The molecule has 0 saturated carbocycles. The minimum Gasteiger partial charge on any atom is -0.493 e. The molecule has 0 saturated heterocycles. The van der Waals surface area contributed by atoms with Gasteiger partial charge in [0.25, 0.3) is 0 Å². The highest BCUT2D eigenvalue weighted by Crippen LogP contribution is 2.46. The summed E-state index contributed by atoms with van der Waals surface area (Å²) in [6, 6.07) is 3.47. The number of rotatable bonds is 11. The number of carboxylic acid groups (broad SMARTS) is 1. The minimum atomic E-state index is -1.16. The Morgan fingerprint density at radius 1 is 1.10 bits per heavy atom. The molecule has 0 aliphatic rings. The molecule has 2 rings (SSSR count). The molecule has 0 amide bonds. The van der Waals surface area contributed by atoms with Crippen molar-refractivity contribution < 1.29 is 33.6 Å². The van der Waals surface area contributed by atoms with Crippen LogP contribution in [0.25, 0.3) is 17.2 Å². The van der Waals surface area contributed by atoms with Crippen LogP contribution in [0.1, 0.15) is 35.1 Å². The van der Waals surface area contributed by atoms with Gasteiger partial charge in [0, 0.05) is 35.0 Å². The first-order valence-electron chi connectivity index (χ1n) is 9.67. The van der Waals surface area contributed by atoms with Gasteiger partial charge in [0.1, 0.15) is 5.69 Å². The van der Waals surface area contributed by atoms with E-state index in [4.69, 9.17) is 14.2 Å². The predicted molar refractivity (Wildman–Crippen MR) is 116 cm³/mol. The van der Waals surface area contributed by atoms with Gasteiger partial charge in [-0.25, -0.2) is 9.59 Å². The number of methoxy groups -OCH3 is 4. The van der Waals surface area contributed by atoms with Gasteiger partial charge in [-0.05, 0) is 31.2 Å². The second-order valence-corrected chi connectivity index (χ2v) is 6.49. The summed E-state index contributed by atoms with van der Waals surface area (Å²) in [5.74, 6) is -0.548. The van der Waals surface area contributed by atoms with E-state index in [-0.39, 0.29) is 5.69 Å². The lowest BCUT2D eigenvalue weighted by atomic mass is 9.97. The number of carbonyl (C=O) groups excluding carboxylic acids is 1. The number of benzene rings is 1. The molecule has 1 aromatic heterocycles. The first-order valence-corrected chi connectivity index (χ1v) is 9.67. The van der Waals surface area contributed by atoms with Gasteiger partial charge in [0.15, 0.2) is 11.5 Å². The molecule has 0 atom stereocenters. The fourth-order valence-electron chi connectivity index (χ4n) is 3.25. The SMILES string of the molecule is CCCNCc1[nH]c(C(=O)O)c(C=CC(=O)OC)c1-c1ccc(OC)c(OC)c1OC. The smallest absolute Gasteiger partial charge is 0.352 e. The van der Waals surface area contributed by atoms with E-state index in [0.717, 1.165) is 13.0 Å². The molecule has 0 spiro atoms. The third-order valence-corrected chi connectivity index (χ3v) is 4.62. The van der Waals surface area contributed by atoms with Crippen LogP contribution in [0, 0.1) is 0 Å². The molecular formula is C22H28N2O7. The molecule has 0 unspecified atom stereocenters. The normalized spacial score (nSPS) is 10.9. The number of carboxylic acids is 1. The van der Waals surface area contributed by atoms with Crippen LogP contribution in [0.2, 0.25) is 0 Å². The highest BCUT2D eigenvalue weighted by molar-refractivity contribution is 5.99. The summed E-state index contributed by atoms with van der Waals surface area (Å²) < 4.78 is 21.1. The molecule has 168 valence electrons. The van der Waals surface area contributed by atoms with Crippen LogP contribution in [-0.2, 0) is 16.1 Å². The molecule has 9 heteroatoms. The van der Waals surface area contributed by atoms with E-state index in [1.807, 2.05) is 6.92 Å². The number of nitrogens with one attached hydrogen (secondary N) is 2. The molecule has 31 heavy (non-hydrogen) atoms. The Kier molecular flexibility index (Phi) is 8.51. The molecule has 3 N–H and O–H groups in total. The summed E-state index contributed by atoms with van der Waals surface area (Å²) in [6.45, 7) is 3.16. The van der Waals surface area contributed by atoms with Crippen LogP contribution < -0.4 is 19.5 Å². The Morgan fingerprint density at radius 2 is 1.81 bits per heavy atom. The number of carbonyl (C=O) groups is 2. The van der Waals surface area contributed by atoms with Crippen LogP contribution in [-0.4, -0.2) is 57.0 Å². The van der Waals surface area contributed by atoms with Gasteiger partial charge in [-0.1, -0.05) is 6.92 Å². The Bertz CT molecular complexity index is 963. The van der Waals surface area contributed by atoms with Gasteiger partial charge in [0.05, 0.1) is 28.4 Å². The molecule has 2 aromatic rings. The number of hydrogen-bond acceptors (Lipinski definition) is 7. The van der Waals surface area contributed by atoms with Crippen LogP contribution in [0.3, 0.4) is 0 Å². The van der Waals surface area contributed by atoms with E-state index >= 15 is 0 Å². The van der Waals surface area contributed by atoms with Crippen LogP contribution in [0.4, 0.5) is 0 Å². The van der Waals surface area contributed by atoms with Crippen molar-refractivity contribution >= 4 is 18.0 Å². The largest absolute Gasteiger partial charge is 0.493 e. The number of aromatic carboxylic acids is 1. The van der Waals surface area contributed by atoms with E-state index in [9.17, 15) is 14.7 Å². The molecule has 1 aromatic carbocycles. The molecule has 0 aliphatic carbocycles. The Hall–Kier alpha value is -3.46. The molecule has 0 fully saturated rings. The third-order valence-electron chi connectivity index (χ3n) is 4.62. The topological polar surface area (TPSA) is 119 Å². The van der Waals surface area contributed by atoms with Crippen molar-refractivity contribution in [1.29, 1.82) is 0 Å². The van der Waals surface area contributed by atoms with E-state index in [0.29, 0.717) is 46.2 Å². The fraction of sp³-hybridized carbons (Fsp3) is 0.364. The third kappa shape index (κ3) is 5.18. The van der Waals surface area contributed by atoms with Gasteiger partial charge in [-0.2, -0.15) is 0 Å². The van der Waals surface area contributed by atoms with Crippen molar-refractivity contribution in [1.82, 2.24) is 10.3 Å². The predicted octanol–water partition coefficient (Wildman–Crippen LogP) is 3.09. The van der Waals surface area contributed by atoms with Gasteiger partial charge in [0.2, 0.25) is 5.75 Å². The lowest BCUT2D eigenvalue weighted by Gasteiger charge is -2.17. The quantitative estimate of drug-likeness (QED) is 0.282. The van der Waals surface area contributed by atoms with Crippen molar-refractivity contribution in [3.05, 3.63) is 35.2 Å². The summed E-state index contributed by atoms with van der Waals surface area (Å²) >= 11 is 0. The first kappa shape index (κ1) is 23.8. The maximum absolute atomic E-state index is 12.0. The molecule has 9 nitrogen and oxygen atoms in total. The van der Waals surface area contributed by atoms with E-state index in [1.165, 1.54) is 40.6 Å². The lowest BCUT2D eigenvalue weighted by molar-refractivity contribution is -0.134. The zero-order chi connectivity index (χ0) is 23.0. The van der Waals surface area contributed by atoms with Crippen molar-refractivity contribution in [3.63, 3.8) is 0 Å². The number of ether oxygens (including phenoxy) is 4. The monoisotopic (exact) mass is 432 g/mol. The molecule has 0 bridgehead atoms. The van der Waals surface area contributed by atoms with Crippen molar-refractivity contribution in [2.45, 2.75) is 19.9 Å². The van der Waals surface area contributed by atoms with E-state index in [1.54, 1.807) is 12.1 Å². The summed E-state index contributed by atoms with van der Waals surface area (Å²) in [6.07, 6.45) is 3.51. The average Bonchev–Trinajstić information content (AvgIpc) is 3.14. The zero-order valence-corrected chi connectivity index (χ0v) is 18.3. The highest BCUT2D eigenvalue weighted by Gasteiger charge is 2.26. The van der Waals surface area contributed by atoms with Gasteiger partial charge in [-0.15, -0.1) is 0 Å². The van der Waals surface area contributed by atoms with Crippen LogP contribution in [0.15, 0.2) is 18.2 Å². The number of esters is 1. The zero-order valence-electron chi connectivity index (χ0n) is 18.3. The molecule has 1 heterocycles. The number of H-pyrrole nitrogens is 1. The summed E-state index contributed by atoms with van der Waals surface area (Å²) in [5.41, 5.74) is 2.04. The fourth-order valence-corrected chi connectivity index (χ4v) is 3.25. The van der Waals surface area contributed by atoms with Crippen molar-refractivity contribution in [2.24, 2.45) is 0 Å². The van der Waals surface area contributed by atoms with Crippen molar-refractivity contribution in [3.8, 4) is 28.4 Å². The Labute approximate surface area is 181 Å². The maximum atomic E-state index is 12.0. The highest BCUT2D eigenvalue weighted by atomic mass is 16.5. The van der Waals surface area contributed by atoms with Gasteiger partial charge < -0.3 is 34.4 Å². The van der Waals surface area contributed by atoms with Gasteiger partial charge >= 0.3 is 11.9 Å². The summed E-state index contributed by atoms with van der Waals surface area (Å²) in [5, 5.41) is 13.0.